The predicted molar refractivity (Wildman–Crippen MR) is 158 cm³/mol. The zero-order chi connectivity index (χ0) is 30.0. The molecule has 41 heavy (non-hydrogen) atoms. The van der Waals surface area contributed by atoms with Gasteiger partial charge in [0.15, 0.2) is 0 Å². The third kappa shape index (κ3) is 12.5. The Morgan fingerprint density at radius 2 is 1.05 bits per heavy atom. The fourth-order valence-corrected chi connectivity index (χ4v) is 4.33. The van der Waals surface area contributed by atoms with Crippen LogP contribution in [0.3, 0.4) is 0 Å². The number of hydrogen-bond acceptors (Lipinski definition) is 7. The average molecular weight is 569 g/mol. The fraction of sp³-hybridized carbons (Fsp3) is 0.467. The Morgan fingerprint density at radius 3 is 1.56 bits per heavy atom. The number of nitrogens with two attached hydrogens (primary N) is 3. The Kier molecular flexibility index (Phi) is 15.1. The van der Waals surface area contributed by atoms with Gasteiger partial charge < -0.3 is 38.3 Å². The van der Waals surface area contributed by atoms with E-state index >= 15 is 0 Å². The first-order valence-corrected chi connectivity index (χ1v) is 14.1. The van der Waals surface area contributed by atoms with Gasteiger partial charge in [0.2, 0.25) is 17.7 Å². The molecule has 0 saturated heterocycles. The largest absolute Gasteiger partial charge is 0.480 e. The first-order chi connectivity index (χ1) is 19.7. The maximum Gasteiger partial charge on any atom is 0.326 e. The molecule has 0 fully saturated rings. The molecule has 0 aliphatic rings. The van der Waals surface area contributed by atoms with Gasteiger partial charge in [0.1, 0.15) is 18.1 Å². The Morgan fingerprint density at radius 1 is 0.610 bits per heavy atom. The van der Waals surface area contributed by atoms with Crippen LogP contribution < -0.4 is 33.2 Å². The van der Waals surface area contributed by atoms with Gasteiger partial charge in [0, 0.05) is 12.8 Å². The summed E-state index contributed by atoms with van der Waals surface area (Å²) in [6.07, 6.45) is 3.57. The number of carboxylic acid groups (broad SMARTS) is 1. The molecule has 0 spiro atoms. The molecule has 10 N–H and O–H groups in total. The molecule has 11 heteroatoms. The summed E-state index contributed by atoms with van der Waals surface area (Å²) in [4.78, 5) is 51.7. The molecular formula is C30H44N6O5. The van der Waals surface area contributed by atoms with Crippen LogP contribution in [0.5, 0.6) is 0 Å². The normalized spacial score (nSPS) is 13.8. The molecule has 11 nitrogen and oxygen atoms in total. The standard InChI is InChI=1S/C30H44N6O5/c31-17-9-7-15-23(33)27(37)34-24(16-8-10-18-32)28(38)35-25(19-21-11-3-1-4-12-21)29(39)36-26(30(40)41)20-22-13-5-2-6-14-22/h1-6,11-14,23-26H,7-10,15-20,31-33H2,(H,34,37)(H,35,38)(H,36,39)(H,40,41). The number of carboxylic acids is 1. The summed E-state index contributed by atoms with van der Waals surface area (Å²) in [5.74, 6) is -2.86. The molecule has 2 aromatic rings. The van der Waals surface area contributed by atoms with Crippen molar-refractivity contribution in [2.24, 2.45) is 17.2 Å². The molecule has 4 unspecified atom stereocenters. The van der Waals surface area contributed by atoms with Crippen molar-refractivity contribution >= 4 is 23.7 Å². The molecule has 2 rings (SSSR count). The molecule has 0 aliphatic carbocycles. The minimum Gasteiger partial charge on any atom is -0.480 e. The highest BCUT2D eigenvalue weighted by molar-refractivity contribution is 5.94. The second kappa shape index (κ2) is 18.5. The fourth-order valence-electron chi connectivity index (χ4n) is 4.33. The number of carbonyl (C=O) groups is 4. The van der Waals surface area contributed by atoms with Crippen molar-refractivity contribution in [3.05, 3.63) is 71.8 Å². The monoisotopic (exact) mass is 568 g/mol. The number of hydrogen-bond donors (Lipinski definition) is 7. The third-order valence-corrected chi connectivity index (χ3v) is 6.70. The number of amides is 3. The average Bonchev–Trinajstić information content (AvgIpc) is 2.97. The molecule has 0 radical (unpaired) electrons. The van der Waals surface area contributed by atoms with E-state index in [1.54, 1.807) is 24.3 Å². The van der Waals surface area contributed by atoms with E-state index in [2.05, 4.69) is 16.0 Å². The van der Waals surface area contributed by atoms with Gasteiger partial charge in [-0.2, -0.15) is 0 Å². The third-order valence-electron chi connectivity index (χ3n) is 6.70. The maximum atomic E-state index is 13.5. The van der Waals surface area contributed by atoms with Crippen molar-refractivity contribution in [1.82, 2.24) is 16.0 Å². The Labute approximate surface area is 241 Å². The van der Waals surface area contributed by atoms with Crippen molar-refractivity contribution in [2.75, 3.05) is 13.1 Å². The van der Waals surface area contributed by atoms with Gasteiger partial charge in [0.25, 0.3) is 0 Å². The van der Waals surface area contributed by atoms with Gasteiger partial charge in [-0.1, -0.05) is 67.1 Å². The number of nitrogens with one attached hydrogen (secondary N) is 3. The van der Waals surface area contributed by atoms with Gasteiger partial charge in [-0.15, -0.1) is 0 Å². The SMILES string of the molecule is NCCCCC(N)C(=O)NC(CCCCN)C(=O)NC(Cc1ccccc1)C(=O)NC(Cc1ccccc1)C(=O)O. The molecular weight excluding hydrogens is 524 g/mol. The van der Waals surface area contributed by atoms with Crippen molar-refractivity contribution in [3.63, 3.8) is 0 Å². The molecule has 224 valence electrons. The smallest absolute Gasteiger partial charge is 0.326 e. The zero-order valence-corrected chi connectivity index (χ0v) is 23.5. The summed E-state index contributed by atoms with van der Waals surface area (Å²) in [6, 6.07) is 14.0. The summed E-state index contributed by atoms with van der Waals surface area (Å²) >= 11 is 0. The van der Waals surface area contributed by atoms with Crippen LogP contribution in [0.25, 0.3) is 0 Å². The Balaban J connectivity index is 2.20. The van der Waals surface area contributed by atoms with Crippen LogP contribution >= 0.6 is 0 Å². The van der Waals surface area contributed by atoms with E-state index in [1.165, 1.54) is 0 Å². The summed E-state index contributed by atoms with van der Waals surface area (Å²) in [6.45, 7) is 0.926. The highest BCUT2D eigenvalue weighted by Crippen LogP contribution is 2.09. The van der Waals surface area contributed by atoms with E-state index in [0.717, 1.165) is 17.5 Å². The van der Waals surface area contributed by atoms with E-state index < -0.39 is 47.9 Å². The van der Waals surface area contributed by atoms with Gasteiger partial charge in [-0.3, -0.25) is 14.4 Å². The van der Waals surface area contributed by atoms with E-state index in [1.807, 2.05) is 36.4 Å². The van der Waals surface area contributed by atoms with Gasteiger partial charge in [-0.25, -0.2) is 4.79 Å². The summed E-state index contributed by atoms with van der Waals surface area (Å²) < 4.78 is 0. The van der Waals surface area contributed by atoms with E-state index in [-0.39, 0.29) is 12.8 Å². The number of carbonyl (C=O) groups excluding carboxylic acids is 3. The van der Waals surface area contributed by atoms with Crippen LogP contribution in [0.4, 0.5) is 0 Å². The maximum absolute atomic E-state index is 13.5. The van der Waals surface area contributed by atoms with Crippen LogP contribution in [-0.2, 0) is 32.0 Å². The van der Waals surface area contributed by atoms with Crippen LogP contribution in [0, 0.1) is 0 Å². The molecule has 0 saturated carbocycles. The van der Waals surface area contributed by atoms with Gasteiger partial charge in [0.05, 0.1) is 6.04 Å². The van der Waals surface area contributed by atoms with Crippen molar-refractivity contribution < 1.29 is 24.3 Å². The Hall–Kier alpha value is -3.80. The summed E-state index contributed by atoms with van der Waals surface area (Å²) in [7, 11) is 0. The number of benzene rings is 2. The molecule has 3 amide bonds. The van der Waals surface area contributed by atoms with Crippen LogP contribution in [0.15, 0.2) is 60.7 Å². The van der Waals surface area contributed by atoms with Crippen LogP contribution in [0.1, 0.15) is 49.7 Å². The van der Waals surface area contributed by atoms with E-state index in [4.69, 9.17) is 17.2 Å². The lowest BCUT2D eigenvalue weighted by atomic mass is 10.0. The number of rotatable bonds is 19. The summed E-state index contributed by atoms with van der Waals surface area (Å²) in [5, 5.41) is 17.9. The molecule has 2 aromatic carbocycles. The Bertz CT molecular complexity index is 1090. The number of aliphatic carboxylic acids is 1. The minimum atomic E-state index is -1.20. The lowest BCUT2D eigenvalue weighted by molar-refractivity contribution is -0.142. The van der Waals surface area contributed by atoms with E-state index in [0.29, 0.717) is 45.2 Å². The molecule has 0 aromatic heterocycles. The van der Waals surface area contributed by atoms with E-state index in [9.17, 15) is 24.3 Å². The molecule has 0 heterocycles. The lowest BCUT2D eigenvalue weighted by Crippen LogP contribution is -2.57. The highest BCUT2D eigenvalue weighted by Gasteiger charge is 2.30. The lowest BCUT2D eigenvalue weighted by Gasteiger charge is -2.25. The molecule has 4 atom stereocenters. The zero-order valence-electron chi connectivity index (χ0n) is 23.5. The summed E-state index contributed by atoms with van der Waals surface area (Å²) in [5.41, 5.74) is 18.7. The van der Waals surface area contributed by atoms with Gasteiger partial charge in [-0.05, 0) is 56.3 Å². The second-order valence-electron chi connectivity index (χ2n) is 10.1. The second-order valence-corrected chi connectivity index (χ2v) is 10.1. The molecule has 0 bridgehead atoms. The van der Waals surface area contributed by atoms with Crippen molar-refractivity contribution in [1.29, 1.82) is 0 Å². The topological polar surface area (TPSA) is 203 Å². The van der Waals surface area contributed by atoms with Crippen molar-refractivity contribution in [3.8, 4) is 0 Å². The quantitative estimate of drug-likeness (QED) is 0.119. The molecule has 0 aliphatic heterocycles. The first-order valence-electron chi connectivity index (χ1n) is 14.1. The minimum absolute atomic E-state index is 0.0771. The number of unbranched alkanes of at least 4 members (excludes halogenated alkanes) is 2. The highest BCUT2D eigenvalue weighted by atomic mass is 16.4. The predicted octanol–water partition coefficient (Wildman–Crippen LogP) is 0.596. The van der Waals surface area contributed by atoms with Crippen LogP contribution in [-0.4, -0.2) is 66.1 Å². The first kappa shape index (κ1) is 33.4. The van der Waals surface area contributed by atoms with Gasteiger partial charge >= 0.3 is 5.97 Å². The van der Waals surface area contributed by atoms with Crippen molar-refractivity contribution in [2.45, 2.75) is 75.5 Å². The van der Waals surface area contributed by atoms with Crippen LogP contribution in [0.2, 0.25) is 0 Å².